The average Bonchev–Trinajstić information content (AvgIpc) is 4.16. The second-order valence-electron chi connectivity index (χ2n) is 12.2. The van der Waals surface area contributed by atoms with Gasteiger partial charge in [-0.1, -0.05) is 157 Å². The highest BCUT2D eigenvalue weighted by Gasteiger charge is 2.21. The molecule has 0 saturated heterocycles. The highest BCUT2D eigenvalue weighted by Crippen LogP contribution is 2.38. The van der Waals surface area contributed by atoms with E-state index < -0.39 is 224 Å². The summed E-state index contributed by atoms with van der Waals surface area (Å²) in [5, 5.41) is 0.179. The number of hydrogen-bond acceptors (Lipinski definition) is 3. The Bertz CT molecular complexity index is 4580. The molecule has 0 bridgehead atoms. The molecule has 0 aliphatic heterocycles. The Labute approximate surface area is 358 Å². The van der Waals surface area contributed by atoms with E-state index in [4.69, 9.17) is 29.2 Å². The fourth-order valence-electron chi connectivity index (χ4n) is 6.62. The van der Waals surface area contributed by atoms with Gasteiger partial charge in [0.2, 0.25) is 5.95 Å². The Kier molecular flexibility index (Phi) is 3.64. The van der Waals surface area contributed by atoms with Crippen molar-refractivity contribution in [2.45, 2.75) is 0 Å². The topological polar surface area (TPSA) is 48.5 Å². The molecule has 3 aromatic heterocycles. The summed E-state index contributed by atoms with van der Waals surface area (Å²) >= 11 is 0. The van der Waals surface area contributed by atoms with Crippen LogP contribution in [0.4, 0.5) is 0 Å². The first kappa shape index (κ1) is 15.6. The van der Waals surface area contributed by atoms with Gasteiger partial charge in [0.25, 0.3) is 0 Å². The van der Waals surface area contributed by atoms with Crippen LogP contribution in [0.15, 0.2) is 200 Å². The summed E-state index contributed by atoms with van der Waals surface area (Å²) in [7, 11) is 0. The predicted octanol–water partition coefficient (Wildman–Crippen LogP) is 12.7. The minimum Gasteiger partial charge on any atom is -0.309 e. The lowest BCUT2D eigenvalue weighted by molar-refractivity contribution is 0.951. The largest absolute Gasteiger partial charge is 0.309 e. The van der Waals surface area contributed by atoms with Gasteiger partial charge in [0, 0.05) is 32.7 Å². The highest BCUT2D eigenvalue weighted by atomic mass is 15.2. The van der Waals surface area contributed by atoms with E-state index in [0.717, 1.165) is 4.57 Å². The zero-order chi connectivity index (χ0) is 58.8. The first-order valence-corrected chi connectivity index (χ1v) is 16.8. The Morgan fingerprint density at radius 1 is 0.357 bits per heavy atom. The number of benzene rings is 8. The molecule has 8 aromatic carbocycles. The molecule has 0 amide bonds. The second-order valence-corrected chi connectivity index (χ2v) is 12.2. The van der Waals surface area contributed by atoms with Gasteiger partial charge in [0.1, 0.15) is 0 Å². The van der Waals surface area contributed by atoms with Crippen LogP contribution in [0.2, 0.25) is 0 Å². The van der Waals surface area contributed by atoms with E-state index in [0.29, 0.717) is 21.8 Å². The maximum absolute atomic E-state index is 9.70. The van der Waals surface area contributed by atoms with Gasteiger partial charge in [-0.25, -0.2) is 4.98 Å². The van der Waals surface area contributed by atoms with Crippen molar-refractivity contribution in [2.75, 3.05) is 0 Å². The van der Waals surface area contributed by atoms with Gasteiger partial charge in [-0.15, -0.1) is 0 Å². The van der Waals surface area contributed by atoms with Gasteiger partial charge in [-0.3, -0.25) is 4.57 Å². The number of hydrogen-bond donors (Lipinski definition) is 0. The van der Waals surface area contributed by atoms with Crippen LogP contribution in [0.1, 0.15) is 34.3 Å². The van der Waals surface area contributed by atoms with Crippen molar-refractivity contribution >= 4 is 43.6 Å². The van der Waals surface area contributed by atoms with Crippen LogP contribution >= 0.6 is 0 Å². The molecule has 0 aliphatic carbocycles. The van der Waals surface area contributed by atoms with Crippen LogP contribution in [0.3, 0.4) is 0 Å². The molecule has 0 saturated carbocycles. The van der Waals surface area contributed by atoms with Crippen molar-refractivity contribution in [3.05, 3.63) is 200 Å². The van der Waals surface area contributed by atoms with Gasteiger partial charge in [-0.05, 0) is 64.6 Å². The van der Waals surface area contributed by atoms with Crippen molar-refractivity contribution in [2.24, 2.45) is 0 Å². The molecule has 0 atom stereocenters. The van der Waals surface area contributed by atoms with Crippen molar-refractivity contribution in [3.8, 4) is 56.7 Å². The van der Waals surface area contributed by atoms with E-state index in [-0.39, 0.29) is 5.95 Å². The smallest absolute Gasteiger partial charge is 0.238 e. The molecule has 0 aliphatic rings. The summed E-state index contributed by atoms with van der Waals surface area (Å²) in [6, 6.07) is -8.23. The number of nitrogens with zero attached hydrogens (tertiary/aromatic N) is 5. The van der Waals surface area contributed by atoms with E-state index in [1.54, 1.807) is 48.5 Å². The van der Waals surface area contributed by atoms with Crippen molar-refractivity contribution in [1.82, 2.24) is 24.1 Å². The monoisotopic (exact) mass is 740 g/mol. The molecule has 56 heavy (non-hydrogen) atoms. The standard InChI is InChI=1S/C51H33N5/c1-3-15-34(16-4-1)36-27-29-37(30-28-36)49-52-50(54-51(53-49)56-45-24-12-7-19-39(45)40-20-8-13-25-46(40)56)42-22-10-14-26-47(42)55-44-23-11-9-21-41(44)43-33-38(31-32-48(43)55)35-17-5-2-6-18-35/h1-33H/i1D,2D,3D,4D,5D,6D,9D,10D,11D,14D,15D,16D,17D,18D,21D,22D,23D,26D,27D,28D,29D,30D,31D,32D,33D. The Hall–Kier alpha value is -7.63. The molecule has 5 heteroatoms. The summed E-state index contributed by atoms with van der Waals surface area (Å²) in [6.07, 6.45) is 0. The van der Waals surface area contributed by atoms with Gasteiger partial charge in [0.15, 0.2) is 11.6 Å². The molecule has 0 fully saturated rings. The minimum atomic E-state index is -0.975. The second kappa shape index (κ2) is 13.0. The van der Waals surface area contributed by atoms with E-state index >= 15 is 0 Å². The third-order valence-electron chi connectivity index (χ3n) is 9.02. The van der Waals surface area contributed by atoms with Crippen molar-refractivity contribution < 1.29 is 34.3 Å². The predicted molar refractivity (Wildman–Crippen MR) is 230 cm³/mol. The lowest BCUT2D eigenvalue weighted by Gasteiger charge is -2.15. The maximum Gasteiger partial charge on any atom is 0.238 e. The Morgan fingerprint density at radius 3 is 1.62 bits per heavy atom. The quantitative estimate of drug-likeness (QED) is 0.171. The first-order valence-electron chi connectivity index (χ1n) is 29.3. The lowest BCUT2D eigenvalue weighted by Crippen LogP contribution is -2.07. The third-order valence-corrected chi connectivity index (χ3v) is 9.02. The van der Waals surface area contributed by atoms with Crippen molar-refractivity contribution in [3.63, 3.8) is 0 Å². The molecular weight excluding hydrogens is 683 g/mol. The maximum atomic E-state index is 9.70. The van der Waals surface area contributed by atoms with Crippen LogP contribution in [-0.2, 0) is 0 Å². The average molecular weight is 741 g/mol. The number of fused-ring (bicyclic) bond motifs is 6. The first-order chi connectivity index (χ1) is 38.2. The van der Waals surface area contributed by atoms with E-state index in [2.05, 4.69) is 4.98 Å². The molecule has 3 heterocycles. The minimum absolute atomic E-state index is 0.368. The molecule has 0 N–H and O–H groups in total. The lowest BCUT2D eigenvalue weighted by atomic mass is 10.0. The van der Waals surface area contributed by atoms with Crippen LogP contribution < -0.4 is 0 Å². The molecule has 262 valence electrons. The molecule has 0 unspecified atom stereocenters. The molecule has 5 nitrogen and oxygen atoms in total. The summed E-state index contributed by atoms with van der Waals surface area (Å²) in [5.74, 6) is -1.77. The zero-order valence-electron chi connectivity index (χ0n) is 53.4. The molecular formula is C51H33N5. The van der Waals surface area contributed by atoms with Crippen LogP contribution in [0.25, 0.3) is 100 Å². The highest BCUT2D eigenvalue weighted by molar-refractivity contribution is 6.11. The van der Waals surface area contributed by atoms with E-state index in [1.165, 1.54) is 4.57 Å². The molecule has 11 rings (SSSR count). The number of aromatic nitrogens is 5. The summed E-state index contributed by atoms with van der Waals surface area (Å²) in [5.41, 5.74) is -5.27. The Morgan fingerprint density at radius 2 is 0.893 bits per heavy atom. The van der Waals surface area contributed by atoms with Crippen LogP contribution in [0, 0.1) is 0 Å². The fourth-order valence-corrected chi connectivity index (χ4v) is 6.62. The summed E-state index contributed by atoms with van der Waals surface area (Å²) < 4.78 is 227. The van der Waals surface area contributed by atoms with E-state index in [1.807, 2.05) is 0 Å². The zero-order valence-corrected chi connectivity index (χ0v) is 28.4. The summed E-state index contributed by atoms with van der Waals surface area (Å²) in [6.45, 7) is 0. The molecule has 0 spiro atoms. The summed E-state index contributed by atoms with van der Waals surface area (Å²) in [4.78, 5) is 14.2. The third kappa shape index (κ3) is 5.21. The van der Waals surface area contributed by atoms with Crippen LogP contribution in [0.5, 0.6) is 0 Å². The molecule has 11 aromatic rings. The molecule has 0 radical (unpaired) electrons. The van der Waals surface area contributed by atoms with Crippen LogP contribution in [-0.4, -0.2) is 24.1 Å². The number of para-hydroxylation sites is 4. The van der Waals surface area contributed by atoms with Crippen molar-refractivity contribution in [1.29, 1.82) is 0 Å². The van der Waals surface area contributed by atoms with Gasteiger partial charge in [-0.2, -0.15) is 9.97 Å². The normalized spacial score (nSPS) is 17.8. The van der Waals surface area contributed by atoms with Gasteiger partial charge < -0.3 is 4.57 Å². The SMILES string of the molecule is [2H]c1c([2H])c([2H])c(-c2c([2H])c([2H])c(-c3nc(-c4c([2H])c([2H])c([2H])c([2H])c4-n4c5c([2H])c([2H])c([2H])c([2H])c5c5c([2H])c(-c6c([2H])c([2H])c([2H])c([2H])c6[2H])c([2H])c([2H])c54)nc(-n4c5ccccc5c5ccccc54)n3)c([2H])c2[2H])c([2H])c1[2H]. The van der Waals surface area contributed by atoms with Gasteiger partial charge >= 0.3 is 0 Å². The van der Waals surface area contributed by atoms with E-state index in [9.17, 15) is 15.1 Å². The number of rotatable bonds is 6. The fraction of sp³-hybridized carbons (Fsp3) is 0. The van der Waals surface area contributed by atoms with Gasteiger partial charge in [0.05, 0.1) is 62.0 Å². The Balaban J connectivity index is 1.33.